The number of benzene rings is 2. The number of anilines is 3. The molecule has 0 spiro atoms. The molecule has 0 bridgehead atoms. The predicted octanol–water partition coefficient (Wildman–Crippen LogP) is 5.63. The van der Waals surface area contributed by atoms with E-state index in [9.17, 15) is 4.79 Å². The van der Waals surface area contributed by atoms with Crippen molar-refractivity contribution in [3.8, 4) is 5.75 Å². The molecule has 6 nitrogen and oxygen atoms in total. The molecule has 0 aliphatic rings. The minimum Gasteiger partial charge on any atom is -0.489 e. The highest BCUT2D eigenvalue weighted by atomic mass is 35.5. The van der Waals surface area contributed by atoms with Crippen LogP contribution < -0.4 is 15.4 Å². The molecule has 1 heterocycles. The lowest BCUT2D eigenvalue weighted by molar-refractivity contribution is 0.168. The van der Waals surface area contributed by atoms with Gasteiger partial charge in [-0.2, -0.15) is 0 Å². The van der Waals surface area contributed by atoms with Gasteiger partial charge in [-0.3, -0.25) is 5.32 Å². The first-order chi connectivity index (χ1) is 13.6. The number of carbonyl (C=O) groups is 1. The van der Waals surface area contributed by atoms with Crippen molar-refractivity contribution in [3.63, 3.8) is 0 Å². The van der Waals surface area contributed by atoms with E-state index in [0.717, 1.165) is 17.0 Å². The summed E-state index contributed by atoms with van der Waals surface area (Å²) < 4.78 is 10.6. The number of aromatic nitrogens is 1. The van der Waals surface area contributed by atoms with Crippen LogP contribution in [0.15, 0.2) is 66.9 Å². The van der Waals surface area contributed by atoms with E-state index in [1.165, 1.54) is 0 Å². The van der Waals surface area contributed by atoms with Gasteiger partial charge in [-0.25, -0.2) is 9.78 Å². The van der Waals surface area contributed by atoms with E-state index in [0.29, 0.717) is 29.7 Å². The minimum atomic E-state index is -0.501. The maximum atomic E-state index is 11.4. The molecule has 1 amide bonds. The van der Waals surface area contributed by atoms with E-state index in [1.54, 1.807) is 25.3 Å². The zero-order valence-corrected chi connectivity index (χ0v) is 16.1. The highest BCUT2D eigenvalue weighted by Gasteiger charge is 2.03. The van der Waals surface area contributed by atoms with Crippen LogP contribution in [0.25, 0.3) is 0 Å². The minimum absolute atomic E-state index is 0.318. The van der Waals surface area contributed by atoms with Crippen LogP contribution >= 0.6 is 11.6 Å². The summed E-state index contributed by atoms with van der Waals surface area (Å²) in [4.78, 5) is 15.7. The monoisotopic (exact) mass is 397 g/mol. The van der Waals surface area contributed by atoms with Gasteiger partial charge in [-0.05, 0) is 61.0 Å². The molecule has 1 aromatic heterocycles. The third-order valence-electron chi connectivity index (χ3n) is 3.73. The van der Waals surface area contributed by atoms with Crippen molar-refractivity contribution in [3.05, 3.63) is 77.4 Å². The van der Waals surface area contributed by atoms with Gasteiger partial charge in [-0.15, -0.1) is 0 Å². The molecular formula is C21H20ClN3O3. The normalized spacial score (nSPS) is 10.2. The van der Waals surface area contributed by atoms with Gasteiger partial charge in [-0.1, -0.05) is 23.7 Å². The number of rotatable bonds is 7. The molecule has 0 saturated carbocycles. The van der Waals surface area contributed by atoms with Crippen molar-refractivity contribution in [2.24, 2.45) is 0 Å². The standard InChI is InChI=1S/C21H20ClN3O3/c1-2-27-21(26)25-18-9-12-20(23-13-18)24-17-7-10-19(11-8-17)28-14-15-3-5-16(22)6-4-15/h3-13H,2,14H2,1H3,(H,23,24)(H,25,26). The lowest BCUT2D eigenvalue weighted by Crippen LogP contribution is -2.13. The zero-order chi connectivity index (χ0) is 19.8. The van der Waals surface area contributed by atoms with E-state index in [4.69, 9.17) is 21.1 Å². The fraction of sp³-hybridized carbons (Fsp3) is 0.143. The maximum Gasteiger partial charge on any atom is 0.411 e. The van der Waals surface area contributed by atoms with Gasteiger partial charge in [0.25, 0.3) is 0 Å². The Hall–Kier alpha value is -3.25. The largest absolute Gasteiger partial charge is 0.489 e. The number of pyridine rings is 1. The first kappa shape index (κ1) is 19.5. The number of hydrogen-bond acceptors (Lipinski definition) is 5. The Labute approximate surface area is 168 Å². The Bertz CT molecular complexity index is 898. The quantitative estimate of drug-likeness (QED) is 0.540. The van der Waals surface area contributed by atoms with Crippen molar-refractivity contribution in [2.75, 3.05) is 17.2 Å². The molecular weight excluding hydrogens is 378 g/mol. The molecule has 0 radical (unpaired) electrons. The molecule has 3 rings (SSSR count). The van der Waals surface area contributed by atoms with E-state index in [-0.39, 0.29) is 0 Å². The second-order valence-corrected chi connectivity index (χ2v) is 6.28. The highest BCUT2D eigenvalue weighted by Crippen LogP contribution is 2.21. The Kier molecular flexibility index (Phi) is 6.70. The van der Waals surface area contributed by atoms with Gasteiger partial charge in [0, 0.05) is 10.7 Å². The number of halogens is 1. The summed E-state index contributed by atoms with van der Waals surface area (Å²) in [5.74, 6) is 1.42. The van der Waals surface area contributed by atoms with Crippen LogP contribution in [0, 0.1) is 0 Å². The molecule has 3 aromatic rings. The number of nitrogens with zero attached hydrogens (tertiary/aromatic N) is 1. The van der Waals surface area contributed by atoms with Crippen LogP contribution in [0.3, 0.4) is 0 Å². The van der Waals surface area contributed by atoms with Crippen molar-refractivity contribution in [1.29, 1.82) is 0 Å². The number of carbonyl (C=O) groups excluding carboxylic acids is 1. The second-order valence-electron chi connectivity index (χ2n) is 5.84. The van der Waals surface area contributed by atoms with Crippen LogP contribution in [0.5, 0.6) is 5.75 Å². The summed E-state index contributed by atoms with van der Waals surface area (Å²) in [5.41, 5.74) is 2.49. The van der Waals surface area contributed by atoms with Gasteiger partial charge in [0.1, 0.15) is 18.2 Å². The van der Waals surface area contributed by atoms with E-state index in [2.05, 4.69) is 15.6 Å². The molecule has 7 heteroatoms. The molecule has 2 aromatic carbocycles. The van der Waals surface area contributed by atoms with Crippen LogP contribution in [0.1, 0.15) is 12.5 Å². The summed E-state index contributed by atoms with van der Waals surface area (Å²) in [7, 11) is 0. The van der Waals surface area contributed by atoms with E-state index < -0.39 is 6.09 Å². The lowest BCUT2D eigenvalue weighted by Gasteiger charge is -2.10. The fourth-order valence-electron chi connectivity index (χ4n) is 2.36. The lowest BCUT2D eigenvalue weighted by atomic mass is 10.2. The summed E-state index contributed by atoms with van der Waals surface area (Å²) >= 11 is 5.88. The highest BCUT2D eigenvalue weighted by molar-refractivity contribution is 6.30. The molecule has 0 fully saturated rings. The molecule has 144 valence electrons. The Balaban J connectivity index is 1.52. The van der Waals surface area contributed by atoms with Crippen LogP contribution in [0.2, 0.25) is 5.02 Å². The molecule has 0 aliphatic heterocycles. The number of hydrogen-bond donors (Lipinski definition) is 2. The number of nitrogens with one attached hydrogen (secondary N) is 2. The van der Waals surface area contributed by atoms with Crippen molar-refractivity contribution in [1.82, 2.24) is 4.98 Å². The molecule has 0 unspecified atom stereocenters. The third kappa shape index (κ3) is 5.89. The maximum absolute atomic E-state index is 11.4. The van der Waals surface area contributed by atoms with Gasteiger partial charge in [0.15, 0.2) is 0 Å². The first-order valence-corrected chi connectivity index (χ1v) is 9.14. The van der Waals surface area contributed by atoms with Gasteiger partial charge in [0.05, 0.1) is 18.5 Å². The van der Waals surface area contributed by atoms with Crippen LogP contribution in [-0.4, -0.2) is 17.7 Å². The summed E-state index contributed by atoms with van der Waals surface area (Å²) in [6, 6.07) is 18.6. The second kappa shape index (κ2) is 9.62. The molecule has 28 heavy (non-hydrogen) atoms. The average Bonchev–Trinajstić information content (AvgIpc) is 2.70. The predicted molar refractivity (Wildman–Crippen MR) is 110 cm³/mol. The average molecular weight is 398 g/mol. The zero-order valence-electron chi connectivity index (χ0n) is 15.3. The van der Waals surface area contributed by atoms with E-state index in [1.807, 2.05) is 48.5 Å². The topological polar surface area (TPSA) is 72.5 Å². The molecule has 0 aliphatic carbocycles. The summed E-state index contributed by atoms with van der Waals surface area (Å²) in [6.45, 7) is 2.54. The Morgan fingerprint density at radius 2 is 1.71 bits per heavy atom. The van der Waals surface area contributed by atoms with E-state index >= 15 is 0 Å². The van der Waals surface area contributed by atoms with Crippen molar-refractivity contribution >= 4 is 34.9 Å². The molecule has 2 N–H and O–H groups in total. The summed E-state index contributed by atoms with van der Waals surface area (Å²) in [6.07, 6.45) is 1.06. The first-order valence-electron chi connectivity index (χ1n) is 8.76. The molecule has 0 atom stereocenters. The fourth-order valence-corrected chi connectivity index (χ4v) is 2.48. The summed E-state index contributed by atoms with van der Waals surface area (Å²) in [5, 5.41) is 6.49. The number of amides is 1. The molecule has 0 saturated heterocycles. The SMILES string of the molecule is CCOC(=O)Nc1ccc(Nc2ccc(OCc3ccc(Cl)cc3)cc2)nc1. The smallest absolute Gasteiger partial charge is 0.411 e. The van der Waals surface area contributed by atoms with Gasteiger partial charge >= 0.3 is 6.09 Å². The van der Waals surface area contributed by atoms with Crippen LogP contribution in [-0.2, 0) is 11.3 Å². The Morgan fingerprint density at radius 1 is 1.00 bits per heavy atom. The van der Waals surface area contributed by atoms with Gasteiger partial charge < -0.3 is 14.8 Å². The number of ether oxygens (including phenoxy) is 2. The van der Waals surface area contributed by atoms with Crippen molar-refractivity contribution < 1.29 is 14.3 Å². The van der Waals surface area contributed by atoms with Crippen molar-refractivity contribution in [2.45, 2.75) is 13.5 Å². The third-order valence-corrected chi connectivity index (χ3v) is 3.98. The van der Waals surface area contributed by atoms with Gasteiger partial charge in [0.2, 0.25) is 0 Å². The Morgan fingerprint density at radius 3 is 2.36 bits per heavy atom. The van der Waals surface area contributed by atoms with Crippen LogP contribution in [0.4, 0.5) is 22.0 Å².